The third-order valence-electron chi connectivity index (χ3n) is 7.52. The number of hydrogen-bond acceptors (Lipinski definition) is 4. The topological polar surface area (TPSA) is 66.4 Å². The van der Waals surface area contributed by atoms with Crippen LogP contribution in [-0.4, -0.2) is 50.7 Å². The SMILES string of the molecule is O=C(Cc1cccnc1)N1CCC(N2C(=O)C3(CCCCC3)C2c2ccncc2)CC1. The number of amides is 2. The van der Waals surface area contributed by atoms with Gasteiger partial charge < -0.3 is 9.80 Å². The van der Waals surface area contributed by atoms with Crippen LogP contribution in [0.4, 0.5) is 0 Å². The number of aromatic nitrogens is 2. The van der Waals surface area contributed by atoms with Gasteiger partial charge in [-0.1, -0.05) is 25.3 Å². The average Bonchev–Trinajstić information content (AvgIpc) is 2.84. The van der Waals surface area contributed by atoms with E-state index >= 15 is 0 Å². The lowest BCUT2D eigenvalue weighted by atomic mass is 9.59. The van der Waals surface area contributed by atoms with E-state index in [2.05, 4.69) is 27.0 Å². The number of likely N-dealkylation sites (tertiary alicyclic amines) is 2. The molecule has 2 aliphatic heterocycles. The van der Waals surface area contributed by atoms with Crippen LogP contribution in [0.15, 0.2) is 49.1 Å². The molecule has 6 heteroatoms. The molecule has 2 amide bonds. The molecular weight excluding hydrogens is 388 g/mol. The molecule has 2 aromatic rings. The van der Waals surface area contributed by atoms with Gasteiger partial charge in [-0.2, -0.15) is 0 Å². The van der Waals surface area contributed by atoms with Crippen molar-refractivity contribution in [3.05, 3.63) is 60.2 Å². The van der Waals surface area contributed by atoms with Crippen molar-refractivity contribution < 1.29 is 9.59 Å². The molecule has 5 rings (SSSR count). The van der Waals surface area contributed by atoms with Crippen molar-refractivity contribution >= 4 is 11.8 Å². The minimum Gasteiger partial charge on any atom is -0.342 e. The van der Waals surface area contributed by atoms with Crippen LogP contribution in [0.5, 0.6) is 0 Å². The third-order valence-corrected chi connectivity index (χ3v) is 7.52. The first kappa shape index (κ1) is 20.2. The summed E-state index contributed by atoms with van der Waals surface area (Å²) in [4.78, 5) is 38.6. The van der Waals surface area contributed by atoms with Crippen LogP contribution in [0.3, 0.4) is 0 Å². The summed E-state index contributed by atoms with van der Waals surface area (Å²) < 4.78 is 0. The quantitative estimate of drug-likeness (QED) is 0.713. The molecule has 1 spiro atoms. The Bertz CT molecular complexity index is 919. The molecule has 4 heterocycles. The van der Waals surface area contributed by atoms with Crippen LogP contribution in [0.1, 0.15) is 62.1 Å². The van der Waals surface area contributed by atoms with Crippen LogP contribution >= 0.6 is 0 Å². The van der Waals surface area contributed by atoms with E-state index in [1.54, 1.807) is 12.4 Å². The molecular formula is C25H30N4O2. The summed E-state index contributed by atoms with van der Waals surface area (Å²) in [6.45, 7) is 1.42. The molecule has 3 aliphatic rings. The molecule has 1 aliphatic carbocycles. The van der Waals surface area contributed by atoms with Gasteiger partial charge in [-0.3, -0.25) is 19.6 Å². The van der Waals surface area contributed by atoms with E-state index in [1.165, 1.54) is 12.0 Å². The molecule has 0 N–H and O–H groups in total. The molecule has 0 aromatic carbocycles. The molecule has 0 bridgehead atoms. The molecule has 0 radical (unpaired) electrons. The second kappa shape index (κ2) is 8.40. The van der Waals surface area contributed by atoms with E-state index in [0.29, 0.717) is 25.4 Å². The zero-order chi connectivity index (χ0) is 21.3. The summed E-state index contributed by atoms with van der Waals surface area (Å²) in [6, 6.07) is 8.33. The standard InChI is InChI=1S/C25H30N4O2/c30-22(17-19-5-4-12-27-18-19)28-15-8-21(9-16-28)29-23(20-6-13-26-14-7-20)25(24(29)31)10-2-1-3-11-25/h4-7,12-14,18,21,23H,1-3,8-11,15-17H2. The summed E-state index contributed by atoms with van der Waals surface area (Å²) in [6.07, 6.45) is 14.8. The smallest absolute Gasteiger partial charge is 0.232 e. The van der Waals surface area contributed by atoms with Crippen molar-refractivity contribution in [2.45, 2.75) is 63.5 Å². The van der Waals surface area contributed by atoms with Crippen LogP contribution in [0.25, 0.3) is 0 Å². The number of hydrogen-bond donors (Lipinski definition) is 0. The average molecular weight is 419 g/mol. The third kappa shape index (κ3) is 3.62. The first-order valence-corrected chi connectivity index (χ1v) is 11.6. The molecule has 3 fully saturated rings. The molecule has 31 heavy (non-hydrogen) atoms. The Hall–Kier alpha value is -2.76. The number of pyridine rings is 2. The van der Waals surface area contributed by atoms with Crippen molar-refractivity contribution in [3.63, 3.8) is 0 Å². The van der Waals surface area contributed by atoms with E-state index in [1.807, 2.05) is 29.4 Å². The fraction of sp³-hybridized carbons (Fsp3) is 0.520. The fourth-order valence-corrected chi connectivity index (χ4v) is 5.95. The van der Waals surface area contributed by atoms with Crippen molar-refractivity contribution in [1.82, 2.24) is 19.8 Å². The van der Waals surface area contributed by atoms with E-state index in [-0.39, 0.29) is 23.4 Å². The lowest BCUT2D eigenvalue weighted by molar-refractivity contribution is -0.186. The lowest BCUT2D eigenvalue weighted by Crippen LogP contribution is -2.67. The summed E-state index contributed by atoms with van der Waals surface area (Å²) in [5.74, 6) is 0.491. The summed E-state index contributed by atoms with van der Waals surface area (Å²) >= 11 is 0. The first-order chi connectivity index (χ1) is 15.2. The second-order valence-electron chi connectivity index (χ2n) is 9.26. The summed E-state index contributed by atoms with van der Waals surface area (Å²) in [5.41, 5.74) is 1.95. The van der Waals surface area contributed by atoms with Crippen molar-refractivity contribution in [2.75, 3.05) is 13.1 Å². The highest BCUT2D eigenvalue weighted by Crippen LogP contribution is 2.59. The molecule has 1 saturated carbocycles. The van der Waals surface area contributed by atoms with E-state index in [9.17, 15) is 9.59 Å². The van der Waals surface area contributed by atoms with Gasteiger partial charge in [-0.05, 0) is 55.0 Å². The van der Waals surface area contributed by atoms with E-state index < -0.39 is 0 Å². The van der Waals surface area contributed by atoms with Gasteiger partial charge in [0.2, 0.25) is 11.8 Å². The van der Waals surface area contributed by atoms with Crippen LogP contribution in [0.2, 0.25) is 0 Å². The highest BCUT2D eigenvalue weighted by molar-refractivity contribution is 5.91. The van der Waals surface area contributed by atoms with Gasteiger partial charge in [0.05, 0.1) is 17.9 Å². The van der Waals surface area contributed by atoms with Gasteiger partial charge in [-0.25, -0.2) is 0 Å². The van der Waals surface area contributed by atoms with Crippen molar-refractivity contribution in [3.8, 4) is 0 Å². The minimum absolute atomic E-state index is 0.149. The molecule has 6 nitrogen and oxygen atoms in total. The maximum atomic E-state index is 13.5. The monoisotopic (exact) mass is 418 g/mol. The van der Waals surface area contributed by atoms with E-state index in [4.69, 9.17) is 0 Å². The lowest BCUT2D eigenvalue weighted by Gasteiger charge is -2.61. The highest BCUT2D eigenvalue weighted by atomic mass is 16.2. The zero-order valence-electron chi connectivity index (χ0n) is 17.9. The molecule has 162 valence electrons. The van der Waals surface area contributed by atoms with Crippen LogP contribution < -0.4 is 0 Å². The number of carbonyl (C=O) groups excluding carboxylic acids is 2. The number of nitrogens with zero attached hydrogens (tertiary/aromatic N) is 4. The number of carbonyl (C=O) groups is 2. The predicted octanol–water partition coefficient (Wildman–Crippen LogP) is 3.54. The second-order valence-corrected chi connectivity index (χ2v) is 9.26. The van der Waals surface area contributed by atoms with Gasteiger partial charge in [0, 0.05) is 43.9 Å². The normalized spacial score (nSPS) is 23.6. The van der Waals surface area contributed by atoms with Crippen LogP contribution in [-0.2, 0) is 16.0 Å². The Labute approximate surface area is 183 Å². The van der Waals surface area contributed by atoms with Gasteiger partial charge in [-0.15, -0.1) is 0 Å². The zero-order valence-corrected chi connectivity index (χ0v) is 17.9. The Morgan fingerprint density at radius 3 is 2.42 bits per heavy atom. The van der Waals surface area contributed by atoms with Gasteiger partial charge in [0.15, 0.2) is 0 Å². The summed E-state index contributed by atoms with van der Waals surface area (Å²) in [5, 5.41) is 0. The minimum atomic E-state index is -0.215. The van der Waals surface area contributed by atoms with Crippen LogP contribution in [0, 0.1) is 5.41 Å². The van der Waals surface area contributed by atoms with Gasteiger partial charge >= 0.3 is 0 Å². The summed E-state index contributed by atoms with van der Waals surface area (Å²) in [7, 11) is 0. The Morgan fingerprint density at radius 1 is 1.00 bits per heavy atom. The Kier molecular flexibility index (Phi) is 5.47. The molecule has 2 aromatic heterocycles. The predicted molar refractivity (Wildman–Crippen MR) is 117 cm³/mol. The Balaban J connectivity index is 1.28. The van der Waals surface area contributed by atoms with Gasteiger partial charge in [0.25, 0.3) is 0 Å². The largest absolute Gasteiger partial charge is 0.342 e. The highest BCUT2D eigenvalue weighted by Gasteiger charge is 2.62. The molecule has 2 saturated heterocycles. The number of β-lactam (4-membered cyclic amide) rings is 1. The van der Waals surface area contributed by atoms with E-state index in [0.717, 1.165) is 44.1 Å². The Morgan fingerprint density at radius 2 is 1.74 bits per heavy atom. The number of piperidine rings is 1. The maximum Gasteiger partial charge on any atom is 0.232 e. The molecule has 1 atom stereocenters. The van der Waals surface area contributed by atoms with Gasteiger partial charge in [0.1, 0.15) is 0 Å². The molecule has 1 unspecified atom stereocenters. The van der Waals surface area contributed by atoms with Crippen molar-refractivity contribution in [2.24, 2.45) is 5.41 Å². The maximum absolute atomic E-state index is 13.5. The van der Waals surface area contributed by atoms with Crippen molar-refractivity contribution in [1.29, 1.82) is 0 Å². The first-order valence-electron chi connectivity index (χ1n) is 11.6. The number of rotatable bonds is 4. The fourth-order valence-electron chi connectivity index (χ4n) is 5.95.